The van der Waals surface area contributed by atoms with Crippen molar-refractivity contribution in [3.05, 3.63) is 60.8 Å². The molecule has 2 atom stereocenters. The zero-order valence-electron chi connectivity index (χ0n) is 38.0. The number of rotatable bonds is 41. The Hall–Kier alpha value is -2.97. The summed E-state index contributed by atoms with van der Waals surface area (Å²) in [6.45, 7) is 4.64. The maximum absolute atomic E-state index is 12.7. The molecular weight excluding hydrogens is 727 g/mol. The van der Waals surface area contributed by atoms with Crippen LogP contribution in [0.2, 0.25) is 0 Å². The van der Waals surface area contributed by atoms with Gasteiger partial charge in [-0.3, -0.25) is 9.59 Å². The smallest absolute Gasteiger partial charge is 0.362 e. The molecule has 0 aromatic carbocycles. The summed E-state index contributed by atoms with van der Waals surface area (Å²) in [5.41, 5.74) is 0. The molecule has 0 aromatic heterocycles. The van der Waals surface area contributed by atoms with Gasteiger partial charge in [-0.05, 0) is 77.0 Å². The van der Waals surface area contributed by atoms with Crippen molar-refractivity contribution in [1.29, 1.82) is 0 Å². The first-order valence-electron chi connectivity index (χ1n) is 23.3. The van der Waals surface area contributed by atoms with Gasteiger partial charge in [-0.2, -0.15) is 0 Å². The number of hydrogen-bond acceptors (Lipinski definition) is 6. The molecule has 0 aliphatic carbocycles. The quantitative estimate of drug-likeness (QED) is 0.0284. The number of nitrogens with zero attached hydrogens (tertiary/aromatic N) is 1. The molecule has 2 unspecified atom stereocenters. The van der Waals surface area contributed by atoms with E-state index in [0.29, 0.717) is 19.3 Å². The molecule has 0 aliphatic rings. The van der Waals surface area contributed by atoms with E-state index in [1.54, 1.807) is 0 Å². The van der Waals surface area contributed by atoms with Gasteiger partial charge in [-0.1, -0.05) is 152 Å². The summed E-state index contributed by atoms with van der Waals surface area (Å²) < 4.78 is 17.2. The summed E-state index contributed by atoms with van der Waals surface area (Å²) in [5.74, 6) is -1.55. The molecule has 8 nitrogen and oxygen atoms in total. The van der Waals surface area contributed by atoms with Crippen LogP contribution >= 0.6 is 0 Å². The number of likely N-dealkylation sites (N-methyl/N-ethyl adjacent to an activating group) is 1. The maximum Gasteiger partial charge on any atom is 0.362 e. The van der Waals surface area contributed by atoms with E-state index in [1.165, 1.54) is 96.3 Å². The van der Waals surface area contributed by atoms with Crippen molar-refractivity contribution in [2.45, 2.75) is 199 Å². The summed E-state index contributed by atoms with van der Waals surface area (Å²) in [6.07, 6.45) is 49.8. The molecule has 0 aromatic rings. The molecule has 0 heterocycles. The van der Waals surface area contributed by atoms with Crippen molar-refractivity contribution < 1.29 is 38.2 Å². The molecule has 0 spiro atoms. The number of quaternary nitrogens is 1. The molecule has 0 saturated heterocycles. The number of aliphatic carboxylic acids is 1. The van der Waals surface area contributed by atoms with Crippen LogP contribution in [0, 0.1) is 0 Å². The standard InChI is InChI=1S/C50H87NO7/c1-6-8-10-12-14-16-18-20-22-24-26-28-30-32-34-36-38-40-48(52)57-45-46(44-56-43-42-47(50(54)55)51(3,4)5)58-49(53)41-39-37-35-33-31-29-27-25-23-21-19-17-15-13-11-9-7-2/h14,16,20-23,27,29,33,35,46-47H,6-13,15,17-19,24-26,28,30-32,34,36-45H2,1-5H3/p+1/b16-14+,22-20+,23-21+,29-27+,35-33+. The SMILES string of the molecule is CCCCC/C=C/C/C=C/CCCCCCCCCC(=O)OCC(COCCC(C(=O)O)[N+](C)(C)C)OC(=O)CCC/C=C/C/C=C/C/C=C/CCCCCCCC. The van der Waals surface area contributed by atoms with Gasteiger partial charge in [-0.15, -0.1) is 0 Å². The van der Waals surface area contributed by atoms with E-state index < -0.39 is 18.1 Å². The van der Waals surface area contributed by atoms with Crippen LogP contribution < -0.4 is 0 Å². The Kier molecular flexibility index (Phi) is 38.7. The van der Waals surface area contributed by atoms with Gasteiger partial charge in [0.05, 0.1) is 34.4 Å². The summed E-state index contributed by atoms with van der Waals surface area (Å²) >= 11 is 0. The highest BCUT2D eigenvalue weighted by Crippen LogP contribution is 2.13. The highest BCUT2D eigenvalue weighted by atomic mass is 16.6. The predicted octanol–water partition coefficient (Wildman–Crippen LogP) is 13.0. The first-order chi connectivity index (χ1) is 28.1. The van der Waals surface area contributed by atoms with Crippen molar-refractivity contribution >= 4 is 17.9 Å². The Bertz CT molecular complexity index is 1130. The largest absolute Gasteiger partial charge is 0.477 e. The zero-order chi connectivity index (χ0) is 42.8. The summed E-state index contributed by atoms with van der Waals surface area (Å²) in [5, 5.41) is 9.63. The van der Waals surface area contributed by atoms with Gasteiger partial charge >= 0.3 is 17.9 Å². The Morgan fingerprint density at radius 3 is 1.43 bits per heavy atom. The number of esters is 2. The fraction of sp³-hybridized carbons (Fsp3) is 0.740. The Labute approximate surface area is 356 Å². The Morgan fingerprint density at radius 2 is 0.931 bits per heavy atom. The van der Waals surface area contributed by atoms with Crippen molar-refractivity contribution in [2.75, 3.05) is 41.0 Å². The van der Waals surface area contributed by atoms with Crippen molar-refractivity contribution in [2.24, 2.45) is 0 Å². The molecule has 58 heavy (non-hydrogen) atoms. The first kappa shape index (κ1) is 55.0. The number of hydrogen-bond donors (Lipinski definition) is 1. The van der Waals surface area contributed by atoms with Crippen LogP contribution in [0.4, 0.5) is 0 Å². The maximum atomic E-state index is 12.7. The normalized spacial score (nSPS) is 13.5. The van der Waals surface area contributed by atoms with Crippen LogP contribution in [0.25, 0.3) is 0 Å². The number of allylic oxidation sites excluding steroid dienone is 10. The van der Waals surface area contributed by atoms with Gasteiger partial charge < -0.3 is 23.8 Å². The minimum Gasteiger partial charge on any atom is -0.477 e. The average molecular weight is 815 g/mol. The molecular formula is C50H88NO7+. The van der Waals surface area contributed by atoms with Gasteiger partial charge in [0.15, 0.2) is 12.1 Å². The molecule has 8 heteroatoms. The minimum atomic E-state index is -0.885. The lowest BCUT2D eigenvalue weighted by atomic mass is 10.1. The van der Waals surface area contributed by atoms with E-state index >= 15 is 0 Å². The highest BCUT2D eigenvalue weighted by Gasteiger charge is 2.31. The van der Waals surface area contributed by atoms with Crippen molar-refractivity contribution in [1.82, 2.24) is 0 Å². The van der Waals surface area contributed by atoms with Crippen LogP contribution in [0.5, 0.6) is 0 Å². The average Bonchev–Trinajstić information content (AvgIpc) is 3.18. The predicted molar refractivity (Wildman–Crippen MR) is 243 cm³/mol. The number of carbonyl (C=O) groups is 3. The molecule has 1 N–H and O–H groups in total. The number of carboxylic acids is 1. The molecule has 0 rings (SSSR count). The molecule has 0 amide bonds. The molecule has 0 fully saturated rings. The van der Waals surface area contributed by atoms with Crippen LogP contribution in [-0.4, -0.2) is 80.6 Å². The van der Waals surface area contributed by atoms with E-state index in [0.717, 1.165) is 51.4 Å². The molecule has 0 aliphatic heterocycles. The third-order valence-corrected chi connectivity index (χ3v) is 10.1. The van der Waals surface area contributed by atoms with E-state index in [2.05, 4.69) is 74.6 Å². The second-order valence-corrected chi connectivity index (χ2v) is 16.7. The lowest BCUT2D eigenvalue weighted by Crippen LogP contribution is -2.50. The van der Waals surface area contributed by atoms with Crippen molar-refractivity contribution in [3.8, 4) is 0 Å². The van der Waals surface area contributed by atoms with Gasteiger partial charge in [0.25, 0.3) is 0 Å². The Balaban J connectivity index is 4.42. The Morgan fingerprint density at radius 1 is 0.517 bits per heavy atom. The monoisotopic (exact) mass is 815 g/mol. The van der Waals surface area contributed by atoms with Gasteiger partial charge in [0.2, 0.25) is 0 Å². The molecule has 334 valence electrons. The summed E-state index contributed by atoms with van der Waals surface area (Å²) in [4.78, 5) is 37.0. The van der Waals surface area contributed by atoms with Gasteiger partial charge in [0.1, 0.15) is 6.61 Å². The lowest BCUT2D eigenvalue weighted by molar-refractivity contribution is -0.887. The second-order valence-electron chi connectivity index (χ2n) is 16.7. The van der Waals surface area contributed by atoms with E-state index in [4.69, 9.17) is 14.2 Å². The summed E-state index contributed by atoms with van der Waals surface area (Å²) in [6, 6.07) is -0.626. The molecule has 0 saturated carbocycles. The number of carboxylic acid groups (broad SMARTS) is 1. The van der Waals surface area contributed by atoms with Crippen molar-refractivity contribution in [3.63, 3.8) is 0 Å². The van der Waals surface area contributed by atoms with Crippen LogP contribution in [0.1, 0.15) is 187 Å². The van der Waals surface area contributed by atoms with Gasteiger partial charge in [0, 0.05) is 19.3 Å². The minimum absolute atomic E-state index is 0.0366. The van der Waals surface area contributed by atoms with Crippen LogP contribution in [0.3, 0.4) is 0 Å². The third-order valence-electron chi connectivity index (χ3n) is 10.1. The highest BCUT2D eigenvalue weighted by molar-refractivity contribution is 5.72. The third kappa shape index (κ3) is 38.5. The zero-order valence-corrected chi connectivity index (χ0v) is 38.0. The summed E-state index contributed by atoms with van der Waals surface area (Å²) in [7, 11) is 5.51. The lowest BCUT2D eigenvalue weighted by Gasteiger charge is -2.31. The van der Waals surface area contributed by atoms with Gasteiger partial charge in [-0.25, -0.2) is 4.79 Å². The van der Waals surface area contributed by atoms with Crippen LogP contribution in [-0.2, 0) is 28.6 Å². The topological polar surface area (TPSA) is 99.1 Å². The molecule has 0 bridgehead atoms. The number of unbranched alkanes of at least 4 members (excludes halogenated alkanes) is 17. The van der Waals surface area contributed by atoms with E-state index in [9.17, 15) is 19.5 Å². The first-order valence-corrected chi connectivity index (χ1v) is 23.3. The fourth-order valence-corrected chi connectivity index (χ4v) is 6.49. The number of ether oxygens (including phenoxy) is 3. The number of carbonyl (C=O) groups excluding carboxylic acids is 2. The van der Waals surface area contributed by atoms with E-state index in [1.807, 2.05) is 21.1 Å². The fourth-order valence-electron chi connectivity index (χ4n) is 6.49. The van der Waals surface area contributed by atoms with Crippen LogP contribution in [0.15, 0.2) is 60.8 Å². The second kappa shape index (κ2) is 40.8. The van der Waals surface area contributed by atoms with E-state index in [-0.39, 0.29) is 42.7 Å². The molecule has 0 radical (unpaired) electrons.